The van der Waals surface area contributed by atoms with Gasteiger partial charge in [0, 0.05) is 18.3 Å². The third kappa shape index (κ3) is 4.53. The van der Waals surface area contributed by atoms with Gasteiger partial charge in [-0.2, -0.15) is 16.9 Å². The Bertz CT molecular complexity index is 298. The van der Waals surface area contributed by atoms with Gasteiger partial charge in [-0.05, 0) is 19.1 Å². The van der Waals surface area contributed by atoms with E-state index in [1.165, 1.54) is 0 Å². The summed E-state index contributed by atoms with van der Waals surface area (Å²) in [5, 5.41) is 7.70. The number of aromatic nitrogens is 3. The fourth-order valence-corrected chi connectivity index (χ4v) is 2.12. The fourth-order valence-electron chi connectivity index (χ4n) is 1.50. The summed E-state index contributed by atoms with van der Waals surface area (Å²) in [4.78, 5) is 4.28. The Morgan fingerprint density at radius 2 is 2.19 bits per heavy atom. The molecule has 1 aromatic heterocycles. The molecule has 1 aromatic rings. The first kappa shape index (κ1) is 13.5. The monoisotopic (exact) mass is 242 g/mol. The Labute approximate surface area is 102 Å². The molecule has 1 unspecified atom stereocenters. The van der Waals surface area contributed by atoms with Gasteiger partial charge < -0.3 is 5.32 Å². The van der Waals surface area contributed by atoms with Gasteiger partial charge in [0.25, 0.3) is 0 Å². The lowest BCUT2D eigenvalue weighted by Gasteiger charge is -2.13. The first-order valence-electron chi connectivity index (χ1n) is 5.72. The van der Waals surface area contributed by atoms with Gasteiger partial charge in [0.15, 0.2) is 0 Å². The summed E-state index contributed by atoms with van der Waals surface area (Å²) in [6.07, 6.45) is 3.76. The molecular weight excluding hydrogens is 220 g/mol. The van der Waals surface area contributed by atoms with Crippen LogP contribution in [0, 0.1) is 5.92 Å². The van der Waals surface area contributed by atoms with Crippen molar-refractivity contribution >= 4 is 11.8 Å². The van der Waals surface area contributed by atoms with Crippen molar-refractivity contribution in [3.05, 3.63) is 12.2 Å². The van der Waals surface area contributed by atoms with Crippen LogP contribution < -0.4 is 5.32 Å². The van der Waals surface area contributed by atoms with Crippen molar-refractivity contribution in [2.75, 3.05) is 12.0 Å². The molecule has 0 aliphatic carbocycles. The third-order valence-electron chi connectivity index (χ3n) is 2.26. The van der Waals surface area contributed by atoms with Gasteiger partial charge in [0.1, 0.15) is 12.2 Å². The van der Waals surface area contributed by atoms with Crippen molar-refractivity contribution in [2.24, 2.45) is 5.92 Å². The lowest BCUT2D eigenvalue weighted by Crippen LogP contribution is -2.29. The number of thioether (sulfide) groups is 1. The first-order valence-corrected chi connectivity index (χ1v) is 7.11. The second-order valence-corrected chi connectivity index (χ2v) is 5.40. The molecule has 0 bridgehead atoms. The maximum Gasteiger partial charge on any atom is 0.140 e. The standard InChI is InChI=1S/C11H22N4S/c1-9(2)6-15-11(13-8-14-15)5-12-10(3)7-16-4/h8-10,12H,5-7H2,1-4H3. The van der Waals surface area contributed by atoms with Crippen LogP contribution in [-0.2, 0) is 13.1 Å². The molecule has 1 rings (SSSR count). The third-order valence-corrected chi connectivity index (χ3v) is 3.09. The van der Waals surface area contributed by atoms with E-state index in [2.05, 4.69) is 42.4 Å². The summed E-state index contributed by atoms with van der Waals surface area (Å²) < 4.78 is 1.99. The molecule has 0 saturated heterocycles. The largest absolute Gasteiger partial charge is 0.307 e. The highest BCUT2D eigenvalue weighted by atomic mass is 32.2. The molecule has 92 valence electrons. The molecular formula is C11H22N4S. The zero-order chi connectivity index (χ0) is 12.0. The predicted molar refractivity (Wildman–Crippen MR) is 69.5 cm³/mol. The van der Waals surface area contributed by atoms with E-state index in [0.717, 1.165) is 24.7 Å². The number of rotatable bonds is 7. The molecule has 4 nitrogen and oxygen atoms in total. The summed E-state index contributed by atoms with van der Waals surface area (Å²) >= 11 is 1.86. The van der Waals surface area contributed by atoms with Gasteiger partial charge in [-0.25, -0.2) is 9.67 Å². The van der Waals surface area contributed by atoms with Crippen molar-refractivity contribution in [3.8, 4) is 0 Å². The fraction of sp³-hybridized carbons (Fsp3) is 0.818. The van der Waals surface area contributed by atoms with E-state index in [1.54, 1.807) is 6.33 Å². The summed E-state index contributed by atoms with van der Waals surface area (Å²) in [7, 11) is 0. The van der Waals surface area contributed by atoms with Crippen LogP contribution in [0.15, 0.2) is 6.33 Å². The van der Waals surface area contributed by atoms with Gasteiger partial charge in [-0.3, -0.25) is 0 Å². The van der Waals surface area contributed by atoms with Crippen LogP contribution in [0.5, 0.6) is 0 Å². The lowest BCUT2D eigenvalue weighted by molar-refractivity contribution is 0.452. The van der Waals surface area contributed by atoms with E-state index in [4.69, 9.17) is 0 Å². The van der Waals surface area contributed by atoms with Crippen LogP contribution in [-0.4, -0.2) is 32.8 Å². The highest BCUT2D eigenvalue weighted by molar-refractivity contribution is 7.98. The van der Waals surface area contributed by atoms with E-state index in [1.807, 2.05) is 16.4 Å². The van der Waals surface area contributed by atoms with E-state index in [0.29, 0.717) is 12.0 Å². The van der Waals surface area contributed by atoms with Crippen molar-refractivity contribution < 1.29 is 0 Å². The summed E-state index contributed by atoms with van der Waals surface area (Å²) in [6, 6.07) is 0.513. The molecule has 0 amide bonds. The minimum Gasteiger partial charge on any atom is -0.307 e. The van der Waals surface area contributed by atoms with Crippen LogP contribution in [0.2, 0.25) is 0 Å². The molecule has 5 heteroatoms. The van der Waals surface area contributed by atoms with Crippen LogP contribution >= 0.6 is 11.8 Å². The summed E-state index contributed by atoms with van der Waals surface area (Å²) in [6.45, 7) is 8.31. The molecule has 1 N–H and O–H groups in total. The first-order chi connectivity index (χ1) is 7.63. The topological polar surface area (TPSA) is 42.7 Å². The number of hydrogen-bond acceptors (Lipinski definition) is 4. The molecule has 1 atom stereocenters. The zero-order valence-electron chi connectivity index (χ0n) is 10.6. The van der Waals surface area contributed by atoms with E-state index in [9.17, 15) is 0 Å². The molecule has 0 aromatic carbocycles. The Hall–Kier alpha value is -0.550. The van der Waals surface area contributed by atoms with Crippen LogP contribution in [0.3, 0.4) is 0 Å². The Morgan fingerprint density at radius 3 is 2.81 bits per heavy atom. The summed E-state index contributed by atoms with van der Waals surface area (Å²) in [5.41, 5.74) is 0. The van der Waals surface area contributed by atoms with Crippen molar-refractivity contribution in [2.45, 2.75) is 39.9 Å². The molecule has 0 aliphatic heterocycles. The van der Waals surface area contributed by atoms with Crippen molar-refractivity contribution in [1.82, 2.24) is 20.1 Å². The number of nitrogens with zero attached hydrogens (tertiary/aromatic N) is 3. The Kier molecular flexibility index (Phi) is 5.84. The van der Waals surface area contributed by atoms with E-state index in [-0.39, 0.29) is 0 Å². The van der Waals surface area contributed by atoms with Gasteiger partial charge in [0.05, 0.1) is 6.54 Å². The molecule has 0 radical (unpaired) electrons. The lowest BCUT2D eigenvalue weighted by atomic mass is 10.2. The maximum absolute atomic E-state index is 4.28. The van der Waals surface area contributed by atoms with Gasteiger partial charge >= 0.3 is 0 Å². The molecule has 0 spiro atoms. The van der Waals surface area contributed by atoms with Crippen LogP contribution in [0.4, 0.5) is 0 Å². The highest BCUT2D eigenvalue weighted by Crippen LogP contribution is 2.02. The Morgan fingerprint density at radius 1 is 1.44 bits per heavy atom. The average Bonchev–Trinajstić information content (AvgIpc) is 2.62. The molecule has 0 aliphatic rings. The molecule has 0 saturated carbocycles. The second kappa shape index (κ2) is 6.91. The van der Waals surface area contributed by atoms with Gasteiger partial charge in [-0.15, -0.1) is 0 Å². The molecule has 1 heterocycles. The number of nitrogens with one attached hydrogen (secondary N) is 1. The highest BCUT2D eigenvalue weighted by Gasteiger charge is 2.07. The maximum atomic E-state index is 4.28. The van der Waals surface area contributed by atoms with Crippen LogP contribution in [0.25, 0.3) is 0 Å². The Balaban J connectivity index is 2.44. The second-order valence-electron chi connectivity index (χ2n) is 4.49. The minimum atomic E-state index is 0.513. The van der Waals surface area contributed by atoms with E-state index >= 15 is 0 Å². The SMILES string of the molecule is CSCC(C)NCc1ncnn1CC(C)C. The van der Waals surface area contributed by atoms with Gasteiger partial charge in [0.2, 0.25) is 0 Å². The quantitative estimate of drug-likeness (QED) is 0.791. The van der Waals surface area contributed by atoms with Gasteiger partial charge in [-0.1, -0.05) is 13.8 Å². The van der Waals surface area contributed by atoms with Crippen LogP contribution in [0.1, 0.15) is 26.6 Å². The minimum absolute atomic E-state index is 0.513. The smallest absolute Gasteiger partial charge is 0.140 e. The number of hydrogen-bond donors (Lipinski definition) is 1. The molecule has 16 heavy (non-hydrogen) atoms. The summed E-state index contributed by atoms with van der Waals surface area (Å²) in [5.74, 6) is 2.75. The van der Waals surface area contributed by atoms with E-state index < -0.39 is 0 Å². The van der Waals surface area contributed by atoms with Crippen molar-refractivity contribution in [3.63, 3.8) is 0 Å². The predicted octanol–water partition coefficient (Wildman–Crippen LogP) is 1.78. The van der Waals surface area contributed by atoms with Crippen molar-refractivity contribution in [1.29, 1.82) is 0 Å². The average molecular weight is 242 g/mol. The normalized spacial score (nSPS) is 13.3. The zero-order valence-corrected chi connectivity index (χ0v) is 11.4. The molecule has 0 fully saturated rings.